The Labute approximate surface area is 165 Å². The van der Waals surface area contributed by atoms with E-state index in [4.69, 9.17) is 0 Å². The summed E-state index contributed by atoms with van der Waals surface area (Å²) in [6.45, 7) is 6.06. The summed E-state index contributed by atoms with van der Waals surface area (Å²) in [6.07, 6.45) is 3.30. The van der Waals surface area contributed by atoms with E-state index in [0.29, 0.717) is 41.6 Å². The van der Waals surface area contributed by atoms with Crippen LogP contribution >= 0.6 is 12.4 Å². The van der Waals surface area contributed by atoms with Gasteiger partial charge in [0.05, 0.1) is 5.39 Å². The molecule has 27 heavy (non-hydrogen) atoms. The summed E-state index contributed by atoms with van der Waals surface area (Å²) in [4.78, 5) is 28.0. The summed E-state index contributed by atoms with van der Waals surface area (Å²) in [5, 5.41) is 9.33. The zero-order valence-corrected chi connectivity index (χ0v) is 16.7. The molecule has 0 radical (unpaired) electrons. The highest BCUT2D eigenvalue weighted by Gasteiger charge is 2.32. The molecule has 4 rings (SSSR count). The SMILES string of the molecule is CC(C)Cn1nc(C(=O)N2CCC3CCC(C2)N3)c2ccccc2c1=O.Cl. The first-order chi connectivity index (χ1) is 12.5. The molecule has 3 heterocycles. The van der Waals surface area contributed by atoms with Crippen LogP contribution in [0, 0.1) is 5.92 Å². The van der Waals surface area contributed by atoms with Gasteiger partial charge >= 0.3 is 0 Å². The van der Waals surface area contributed by atoms with Crippen molar-refractivity contribution in [1.82, 2.24) is 20.0 Å². The van der Waals surface area contributed by atoms with Crippen molar-refractivity contribution in [2.45, 2.75) is 51.7 Å². The van der Waals surface area contributed by atoms with Crippen molar-refractivity contribution in [2.75, 3.05) is 13.1 Å². The number of amides is 1. The van der Waals surface area contributed by atoms with Crippen molar-refractivity contribution in [2.24, 2.45) is 5.92 Å². The Hall–Kier alpha value is -1.92. The molecule has 0 saturated carbocycles. The Kier molecular flexibility index (Phi) is 5.86. The van der Waals surface area contributed by atoms with Crippen molar-refractivity contribution in [1.29, 1.82) is 0 Å². The first kappa shape index (κ1) is 19.8. The average molecular weight is 391 g/mol. The monoisotopic (exact) mass is 390 g/mol. The minimum atomic E-state index is -0.123. The Bertz CT molecular complexity index is 895. The van der Waals surface area contributed by atoms with E-state index in [1.165, 1.54) is 11.1 Å². The summed E-state index contributed by atoms with van der Waals surface area (Å²) in [7, 11) is 0. The normalized spacial score (nSPS) is 22.0. The van der Waals surface area contributed by atoms with Crippen LogP contribution in [0.3, 0.4) is 0 Å². The molecular formula is C20H27ClN4O2. The van der Waals surface area contributed by atoms with Crippen molar-refractivity contribution in [3.8, 4) is 0 Å². The predicted octanol–water partition coefficient (Wildman–Crippen LogP) is 2.44. The number of benzene rings is 1. The number of halogens is 1. The predicted molar refractivity (Wildman–Crippen MR) is 109 cm³/mol. The van der Waals surface area contributed by atoms with E-state index < -0.39 is 0 Å². The van der Waals surface area contributed by atoms with Gasteiger partial charge in [0.15, 0.2) is 5.69 Å². The van der Waals surface area contributed by atoms with Crippen LogP contribution in [0.2, 0.25) is 0 Å². The third-order valence-corrected chi connectivity index (χ3v) is 5.42. The maximum absolute atomic E-state index is 13.3. The molecule has 2 atom stereocenters. The van der Waals surface area contributed by atoms with Gasteiger partial charge < -0.3 is 10.2 Å². The van der Waals surface area contributed by atoms with Gasteiger partial charge in [-0.1, -0.05) is 32.0 Å². The first-order valence-electron chi connectivity index (χ1n) is 9.58. The largest absolute Gasteiger partial charge is 0.336 e. The van der Waals surface area contributed by atoms with Crippen molar-refractivity contribution >= 4 is 29.1 Å². The van der Waals surface area contributed by atoms with Crippen LogP contribution in [-0.2, 0) is 6.54 Å². The minimum Gasteiger partial charge on any atom is -0.336 e. The molecule has 0 spiro atoms. The lowest BCUT2D eigenvalue weighted by Crippen LogP contribution is -2.40. The van der Waals surface area contributed by atoms with Gasteiger partial charge in [-0.05, 0) is 31.2 Å². The molecule has 2 bridgehead atoms. The van der Waals surface area contributed by atoms with Crippen LogP contribution in [0.15, 0.2) is 29.1 Å². The van der Waals surface area contributed by atoms with Crippen LogP contribution in [-0.4, -0.2) is 45.8 Å². The van der Waals surface area contributed by atoms with Gasteiger partial charge in [0.1, 0.15) is 0 Å². The van der Waals surface area contributed by atoms with E-state index in [0.717, 1.165) is 19.4 Å². The summed E-state index contributed by atoms with van der Waals surface area (Å²) >= 11 is 0. The van der Waals surface area contributed by atoms with Gasteiger partial charge in [0.2, 0.25) is 0 Å². The topological polar surface area (TPSA) is 67.2 Å². The fourth-order valence-corrected chi connectivity index (χ4v) is 4.14. The fraction of sp³-hybridized carbons (Fsp3) is 0.550. The summed E-state index contributed by atoms with van der Waals surface area (Å²) in [5.41, 5.74) is 0.279. The number of carbonyl (C=O) groups excluding carboxylic acids is 1. The van der Waals surface area contributed by atoms with E-state index in [-0.39, 0.29) is 29.8 Å². The number of hydrogen-bond donors (Lipinski definition) is 1. The van der Waals surface area contributed by atoms with Crippen LogP contribution in [0.4, 0.5) is 0 Å². The van der Waals surface area contributed by atoms with Gasteiger partial charge in [0, 0.05) is 37.1 Å². The number of fused-ring (bicyclic) bond motifs is 3. The van der Waals surface area contributed by atoms with Crippen LogP contribution in [0.25, 0.3) is 10.8 Å². The number of carbonyl (C=O) groups is 1. The number of rotatable bonds is 3. The smallest absolute Gasteiger partial charge is 0.275 e. The molecule has 1 amide bonds. The highest BCUT2D eigenvalue weighted by Crippen LogP contribution is 2.23. The molecule has 2 unspecified atom stereocenters. The van der Waals surface area contributed by atoms with E-state index in [1.807, 2.05) is 36.9 Å². The van der Waals surface area contributed by atoms with Gasteiger partial charge in [-0.3, -0.25) is 9.59 Å². The molecule has 1 aromatic carbocycles. The third-order valence-electron chi connectivity index (χ3n) is 5.42. The molecule has 146 valence electrons. The van der Waals surface area contributed by atoms with Gasteiger partial charge in [-0.25, -0.2) is 4.68 Å². The van der Waals surface area contributed by atoms with Crippen molar-refractivity contribution < 1.29 is 4.79 Å². The molecule has 2 aromatic rings. The number of nitrogens with zero attached hydrogens (tertiary/aromatic N) is 3. The molecule has 2 aliphatic rings. The van der Waals surface area contributed by atoms with Crippen molar-refractivity contribution in [3.05, 3.63) is 40.3 Å². The molecule has 7 heteroatoms. The Morgan fingerprint density at radius 2 is 1.89 bits per heavy atom. The van der Waals surface area contributed by atoms with Gasteiger partial charge in [0.25, 0.3) is 11.5 Å². The second-order valence-electron chi connectivity index (χ2n) is 7.95. The lowest BCUT2D eigenvalue weighted by Gasteiger charge is -2.24. The van der Waals surface area contributed by atoms with Crippen molar-refractivity contribution in [3.63, 3.8) is 0 Å². The number of likely N-dealkylation sites (tertiary alicyclic amines) is 1. The van der Waals surface area contributed by atoms with Crippen LogP contribution in [0.1, 0.15) is 43.6 Å². The van der Waals surface area contributed by atoms with Gasteiger partial charge in [-0.15, -0.1) is 12.4 Å². The van der Waals surface area contributed by atoms with Gasteiger partial charge in [-0.2, -0.15) is 5.10 Å². The third kappa shape index (κ3) is 3.87. The molecule has 2 aliphatic heterocycles. The lowest BCUT2D eigenvalue weighted by molar-refractivity contribution is 0.0741. The standard InChI is InChI=1S/C20H26N4O2.ClH/c1-13(2)11-24-19(25)17-6-4-3-5-16(17)18(22-24)20(26)23-10-9-14-7-8-15(12-23)21-14;/h3-6,13-15,21H,7-12H2,1-2H3;1H. The summed E-state index contributed by atoms with van der Waals surface area (Å²) in [6, 6.07) is 8.22. The number of aromatic nitrogens is 2. The van der Waals surface area contributed by atoms with E-state index in [2.05, 4.69) is 10.4 Å². The highest BCUT2D eigenvalue weighted by atomic mass is 35.5. The fourth-order valence-electron chi connectivity index (χ4n) is 4.14. The Morgan fingerprint density at radius 3 is 2.63 bits per heavy atom. The summed E-state index contributed by atoms with van der Waals surface area (Å²) < 4.78 is 1.46. The van der Waals surface area contributed by atoms with E-state index >= 15 is 0 Å². The molecular weight excluding hydrogens is 364 g/mol. The second-order valence-corrected chi connectivity index (χ2v) is 7.95. The molecule has 6 nitrogen and oxygen atoms in total. The second kappa shape index (κ2) is 7.98. The Balaban J connectivity index is 0.00000210. The molecule has 2 fully saturated rings. The highest BCUT2D eigenvalue weighted by molar-refractivity contribution is 6.04. The molecule has 2 saturated heterocycles. The first-order valence-corrected chi connectivity index (χ1v) is 9.58. The maximum Gasteiger partial charge on any atom is 0.275 e. The lowest BCUT2D eigenvalue weighted by atomic mass is 10.1. The van der Waals surface area contributed by atoms with Crippen LogP contribution in [0.5, 0.6) is 0 Å². The molecule has 1 aromatic heterocycles. The van der Waals surface area contributed by atoms with E-state index in [9.17, 15) is 9.59 Å². The quantitative estimate of drug-likeness (QED) is 0.874. The number of hydrogen-bond acceptors (Lipinski definition) is 4. The van der Waals surface area contributed by atoms with Crippen LogP contribution < -0.4 is 10.9 Å². The molecule has 0 aliphatic carbocycles. The zero-order chi connectivity index (χ0) is 18.3. The zero-order valence-electron chi connectivity index (χ0n) is 15.9. The Morgan fingerprint density at radius 1 is 1.19 bits per heavy atom. The van der Waals surface area contributed by atoms with E-state index in [1.54, 1.807) is 6.07 Å². The maximum atomic E-state index is 13.3. The number of nitrogens with one attached hydrogen (secondary N) is 1. The minimum absolute atomic E-state index is 0. The summed E-state index contributed by atoms with van der Waals surface area (Å²) in [5.74, 6) is 0.218. The molecule has 1 N–H and O–H groups in total. The average Bonchev–Trinajstić information content (AvgIpc) is 2.95.